The van der Waals surface area contributed by atoms with E-state index in [0.29, 0.717) is 48.3 Å². The summed E-state index contributed by atoms with van der Waals surface area (Å²) in [5.74, 6) is 2.69. The molecule has 1 amide bonds. The van der Waals surface area contributed by atoms with Crippen LogP contribution in [0.25, 0.3) is 5.65 Å². The van der Waals surface area contributed by atoms with Gasteiger partial charge in [-0.2, -0.15) is 4.52 Å². The second-order valence-corrected chi connectivity index (χ2v) is 6.79. The summed E-state index contributed by atoms with van der Waals surface area (Å²) in [5.41, 5.74) is 1.33. The molecule has 1 saturated heterocycles. The third-order valence-electron chi connectivity index (χ3n) is 4.88. The second kappa shape index (κ2) is 7.55. The Kier molecular flexibility index (Phi) is 4.60. The molecule has 4 heterocycles. The molecule has 0 radical (unpaired) electrons. The van der Waals surface area contributed by atoms with Crippen molar-refractivity contribution in [1.29, 1.82) is 0 Å². The third-order valence-corrected chi connectivity index (χ3v) is 4.88. The van der Waals surface area contributed by atoms with Gasteiger partial charge in [0.15, 0.2) is 23.0 Å². The normalized spacial score (nSPS) is 15.7. The van der Waals surface area contributed by atoms with Gasteiger partial charge in [-0.05, 0) is 24.3 Å². The fourth-order valence-corrected chi connectivity index (χ4v) is 3.36. The minimum Gasteiger partial charge on any atom is -0.454 e. The first-order valence-electron chi connectivity index (χ1n) is 9.50. The Morgan fingerprint density at radius 3 is 2.83 bits per heavy atom. The van der Waals surface area contributed by atoms with Crippen LogP contribution in [0.4, 0.5) is 11.5 Å². The van der Waals surface area contributed by atoms with Crippen molar-refractivity contribution < 1.29 is 19.0 Å². The molecule has 1 fully saturated rings. The Balaban J connectivity index is 1.25. The molecule has 2 aliphatic heterocycles. The summed E-state index contributed by atoms with van der Waals surface area (Å²) in [6.45, 7) is 3.18. The fourth-order valence-electron chi connectivity index (χ4n) is 3.36. The molecule has 3 aromatic rings. The van der Waals surface area contributed by atoms with Gasteiger partial charge in [-0.25, -0.2) is 0 Å². The van der Waals surface area contributed by atoms with E-state index < -0.39 is 0 Å². The summed E-state index contributed by atoms with van der Waals surface area (Å²) < 4.78 is 17.7. The number of hydrogen-bond donors (Lipinski definition) is 1. The van der Waals surface area contributed by atoms with Crippen LogP contribution in [0, 0.1) is 0 Å². The number of amides is 1. The Labute approximate surface area is 166 Å². The first-order chi connectivity index (χ1) is 14.3. The fraction of sp³-hybridized carbons (Fsp3) is 0.368. The minimum atomic E-state index is -0.120. The van der Waals surface area contributed by atoms with Crippen molar-refractivity contribution in [1.82, 2.24) is 19.8 Å². The van der Waals surface area contributed by atoms with Crippen molar-refractivity contribution in [3.05, 3.63) is 36.2 Å². The maximum atomic E-state index is 12.4. The van der Waals surface area contributed by atoms with Gasteiger partial charge in [0, 0.05) is 37.7 Å². The van der Waals surface area contributed by atoms with Crippen molar-refractivity contribution in [2.75, 3.05) is 43.3 Å². The topological polar surface area (TPSA) is 103 Å². The maximum Gasteiger partial charge on any atom is 0.231 e. The zero-order chi connectivity index (χ0) is 19.6. The summed E-state index contributed by atoms with van der Waals surface area (Å²) in [6.07, 6.45) is 0.690. The number of carbonyl (C=O) groups excluding carboxylic acids is 1. The average Bonchev–Trinajstić information content (AvgIpc) is 3.39. The van der Waals surface area contributed by atoms with E-state index in [0.717, 1.165) is 18.9 Å². The predicted molar refractivity (Wildman–Crippen MR) is 103 cm³/mol. The minimum absolute atomic E-state index is 0.120. The Morgan fingerprint density at radius 2 is 1.93 bits per heavy atom. The molecule has 10 heteroatoms. The first-order valence-corrected chi connectivity index (χ1v) is 9.50. The van der Waals surface area contributed by atoms with Crippen LogP contribution in [-0.4, -0.2) is 58.8 Å². The van der Waals surface area contributed by atoms with Gasteiger partial charge < -0.3 is 24.4 Å². The number of aryl methyl sites for hydroxylation is 1. The quantitative estimate of drug-likeness (QED) is 0.688. The molecule has 1 aromatic carbocycles. The summed E-state index contributed by atoms with van der Waals surface area (Å²) in [7, 11) is 0. The van der Waals surface area contributed by atoms with Crippen LogP contribution < -0.4 is 19.7 Å². The highest BCUT2D eigenvalue weighted by atomic mass is 16.7. The van der Waals surface area contributed by atoms with Crippen molar-refractivity contribution in [3.8, 4) is 11.5 Å². The first kappa shape index (κ1) is 17.7. The number of rotatable bonds is 5. The molecule has 0 aliphatic carbocycles. The monoisotopic (exact) mass is 396 g/mol. The number of fused-ring (bicyclic) bond motifs is 2. The van der Waals surface area contributed by atoms with E-state index >= 15 is 0 Å². The summed E-state index contributed by atoms with van der Waals surface area (Å²) >= 11 is 0. The zero-order valence-electron chi connectivity index (χ0n) is 15.7. The smallest absolute Gasteiger partial charge is 0.231 e. The molecule has 5 rings (SSSR count). The van der Waals surface area contributed by atoms with Gasteiger partial charge in [0.1, 0.15) is 5.82 Å². The Hall–Kier alpha value is -3.40. The van der Waals surface area contributed by atoms with Crippen molar-refractivity contribution >= 4 is 23.1 Å². The third kappa shape index (κ3) is 3.66. The largest absolute Gasteiger partial charge is 0.454 e. The molecule has 2 aromatic heterocycles. The van der Waals surface area contributed by atoms with Crippen molar-refractivity contribution in [3.63, 3.8) is 0 Å². The molecule has 0 bridgehead atoms. The van der Waals surface area contributed by atoms with Gasteiger partial charge >= 0.3 is 0 Å². The van der Waals surface area contributed by atoms with E-state index in [-0.39, 0.29) is 19.1 Å². The van der Waals surface area contributed by atoms with Gasteiger partial charge in [-0.1, -0.05) is 0 Å². The number of ether oxygens (including phenoxy) is 3. The average molecular weight is 396 g/mol. The van der Waals surface area contributed by atoms with E-state index in [1.807, 2.05) is 12.1 Å². The molecular formula is C19H20N6O4. The van der Waals surface area contributed by atoms with E-state index in [9.17, 15) is 4.79 Å². The van der Waals surface area contributed by atoms with Gasteiger partial charge in [0.25, 0.3) is 0 Å². The van der Waals surface area contributed by atoms with E-state index in [4.69, 9.17) is 14.2 Å². The highest BCUT2D eigenvalue weighted by molar-refractivity contribution is 5.91. The number of nitrogens with one attached hydrogen (secondary N) is 1. The van der Waals surface area contributed by atoms with Crippen LogP contribution in [0.1, 0.15) is 12.2 Å². The van der Waals surface area contributed by atoms with E-state index in [1.54, 1.807) is 22.7 Å². The number of benzene rings is 1. The lowest BCUT2D eigenvalue weighted by Crippen LogP contribution is -2.37. The molecule has 0 atom stereocenters. The highest BCUT2D eigenvalue weighted by Gasteiger charge is 2.17. The zero-order valence-corrected chi connectivity index (χ0v) is 15.7. The number of carbonyl (C=O) groups is 1. The molecule has 0 saturated carbocycles. The van der Waals surface area contributed by atoms with E-state index in [1.165, 1.54) is 0 Å². The number of anilines is 2. The van der Waals surface area contributed by atoms with Crippen LogP contribution in [0.15, 0.2) is 30.3 Å². The number of hydrogen-bond acceptors (Lipinski definition) is 8. The summed E-state index contributed by atoms with van der Waals surface area (Å²) in [6, 6.07) is 9.14. The summed E-state index contributed by atoms with van der Waals surface area (Å²) in [4.78, 5) is 14.5. The Bertz CT molecular complexity index is 1050. The molecule has 1 N–H and O–H groups in total. The lowest BCUT2D eigenvalue weighted by Gasteiger charge is -2.27. The Morgan fingerprint density at radius 1 is 1.07 bits per heavy atom. The molecular weight excluding hydrogens is 376 g/mol. The van der Waals surface area contributed by atoms with Crippen LogP contribution in [-0.2, 0) is 16.0 Å². The van der Waals surface area contributed by atoms with Gasteiger partial charge in [-0.3, -0.25) is 4.79 Å². The number of morpholine rings is 1. The lowest BCUT2D eigenvalue weighted by molar-refractivity contribution is -0.116. The van der Waals surface area contributed by atoms with Crippen LogP contribution in [0.3, 0.4) is 0 Å². The van der Waals surface area contributed by atoms with Gasteiger partial charge in [-0.15, -0.1) is 15.3 Å². The molecule has 2 aliphatic rings. The molecule has 0 spiro atoms. The standard InChI is InChI=1S/C19H20N6O4/c26-19(20-13-1-2-14-15(11-13)29-12-28-14)6-5-17-22-21-16-3-4-18(23-25(16)17)24-7-9-27-10-8-24/h1-4,11H,5-10,12H2,(H,20,26). The lowest BCUT2D eigenvalue weighted by atomic mass is 10.2. The summed E-state index contributed by atoms with van der Waals surface area (Å²) in [5, 5.41) is 15.9. The highest BCUT2D eigenvalue weighted by Crippen LogP contribution is 2.34. The maximum absolute atomic E-state index is 12.4. The molecule has 10 nitrogen and oxygen atoms in total. The SMILES string of the molecule is O=C(CCc1nnc2ccc(N3CCOCC3)nn12)Nc1ccc2c(c1)OCO2. The molecule has 29 heavy (non-hydrogen) atoms. The van der Waals surface area contributed by atoms with Crippen LogP contribution >= 0.6 is 0 Å². The van der Waals surface area contributed by atoms with Crippen LogP contribution in [0.5, 0.6) is 11.5 Å². The number of nitrogens with zero attached hydrogens (tertiary/aromatic N) is 5. The molecule has 150 valence electrons. The van der Waals surface area contributed by atoms with E-state index in [2.05, 4.69) is 25.5 Å². The van der Waals surface area contributed by atoms with Crippen LogP contribution in [0.2, 0.25) is 0 Å². The predicted octanol–water partition coefficient (Wildman–Crippen LogP) is 1.26. The van der Waals surface area contributed by atoms with Crippen molar-refractivity contribution in [2.24, 2.45) is 0 Å². The second-order valence-electron chi connectivity index (χ2n) is 6.79. The van der Waals surface area contributed by atoms with Crippen molar-refractivity contribution in [2.45, 2.75) is 12.8 Å². The number of aromatic nitrogens is 4. The van der Waals surface area contributed by atoms with Gasteiger partial charge in [0.05, 0.1) is 13.2 Å². The van der Waals surface area contributed by atoms with Gasteiger partial charge in [0.2, 0.25) is 12.7 Å². The molecule has 0 unspecified atom stereocenters.